The molecule has 33 heavy (non-hydrogen) atoms. The average Bonchev–Trinajstić information content (AvgIpc) is 3.29. The Morgan fingerprint density at radius 2 is 2.03 bits per heavy atom. The number of benzene rings is 1. The molecule has 0 saturated carbocycles. The molecule has 3 aliphatic heterocycles. The van der Waals surface area contributed by atoms with E-state index in [2.05, 4.69) is 10.6 Å². The fraction of sp³-hybridized carbons (Fsp3) is 0.625. The summed E-state index contributed by atoms with van der Waals surface area (Å²) in [6.45, 7) is 6.46. The van der Waals surface area contributed by atoms with Gasteiger partial charge in [-0.15, -0.1) is 0 Å². The number of nitrogens with zero attached hydrogens (tertiary/aromatic N) is 1. The Bertz CT molecular complexity index is 958. The number of hydrogen-bond acceptors (Lipinski definition) is 5. The van der Waals surface area contributed by atoms with Crippen LogP contribution in [0.5, 0.6) is 0 Å². The van der Waals surface area contributed by atoms with E-state index in [0.29, 0.717) is 30.1 Å². The number of ether oxygens (including phenoxy) is 1. The molecule has 9 heteroatoms. The van der Waals surface area contributed by atoms with Gasteiger partial charge in [0.25, 0.3) is 0 Å². The number of aliphatic hydroxyl groups is 1. The van der Waals surface area contributed by atoms with Crippen LogP contribution < -0.4 is 10.6 Å². The van der Waals surface area contributed by atoms with E-state index < -0.39 is 35.0 Å². The largest absolute Gasteiger partial charge is 0.396 e. The highest BCUT2D eigenvalue weighted by molar-refractivity contribution is 6.33. The van der Waals surface area contributed by atoms with Gasteiger partial charge < -0.3 is 25.4 Å². The first kappa shape index (κ1) is 24.0. The molecule has 0 radical (unpaired) electrons. The summed E-state index contributed by atoms with van der Waals surface area (Å²) in [5.74, 6) is -2.34. The van der Waals surface area contributed by atoms with Crippen molar-refractivity contribution in [2.45, 2.75) is 57.3 Å². The smallest absolute Gasteiger partial charge is 0.250 e. The second-order valence-corrected chi connectivity index (χ2v) is 9.98. The maximum absolute atomic E-state index is 13.7. The summed E-state index contributed by atoms with van der Waals surface area (Å²) in [6, 6.07) is 5.98. The fourth-order valence-corrected chi connectivity index (χ4v) is 6.23. The van der Waals surface area contributed by atoms with Crippen LogP contribution >= 0.6 is 11.6 Å². The van der Waals surface area contributed by atoms with E-state index >= 15 is 0 Å². The molecule has 1 aromatic rings. The third kappa shape index (κ3) is 3.63. The molecule has 0 aliphatic carbocycles. The van der Waals surface area contributed by atoms with Crippen molar-refractivity contribution < 1.29 is 24.2 Å². The van der Waals surface area contributed by atoms with E-state index in [1.807, 2.05) is 20.8 Å². The quantitative estimate of drug-likeness (QED) is 0.532. The predicted octanol–water partition coefficient (Wildman–Crippen LogP) is 2.20. The number of aliphatic hydroxyl groups excluding tert-OH is 1. The van der Waals surface area contributed by atoms with Gasteiger partial charge in [-0.2, -0.15) is 0 Å². The van der Waals surface area contributed by atoms with Crippen LogP contribution in [-0.2, 0) is 19.1 Å². The first-order valence-corrected chi connectivity index (χ1v) is 12.0. The molecule has 6 atom stereocenters. The van der Waals surface area contributed by atoms with Crippen molar-refractivity contribution in [1.29, 1.82) is 0 Å². The minimum atomic E-state index is -1.11. The first-order chi connectivity index (χ1) is 15.7. The third-order valence-corrected chi connectivity index (χ3v) is 7.91. The van der Waals surface area contributed by atoms with E-state index in [-0.39, 0.29) is 30.9 Å². The minimum absolute atomic E-state index is 0.0210. The first-order valence-electron chi connectivity index (χ1n) is 11.7. The molecule has 2 bridgehead atoms. The molecule has 1 spiro atoms. The maximum Gasteiger partial charge on any atom is 0.250 e. The molecule has 3 fully saturated rings. The molecular weight excluding hydrogens is 446 g/mol. The van der Waals surface area contributed by atoms with E-state index in [4.69, 9.17) is 16.3 Å². The lowest BCUT2D eigenvalue weighted by Gasteiger charge is -2.36. The van der Waals surface area contributed by atoms with Gasteiger partial charge in [0, 0.05) is 19.7 Å². The fourth-order valence-electron chi connectivity index (χ4n) is 6.04. The molecule has 180 valence electrons. The van der Waals surface area contributed by atoms with Crippen LogP contribution in [0.4, 0.5) is 5.69 Å². The summed E-state index contributed by atoms with van der Waals surface area (Å²) in [5, 5.41) is 15.6. The van der Waals surface area contributed by atoms with Gasteiger partial charge in [0.05, 0.1) is 28.1 Å². The molecule has 3 N–H and O–H groups in total. The number of hydrogen-bond donors (Lipinski definition) is 3. The number of para-hydroxylation sites is 1. The van der Waals surface area contributed by atoms with E-state index in [0.717, 1.165) is 6.42 Å². The van der Waals surface area contributed by atoms with Gasteiger partial charge in [-0.25, -0.2) is 0 Å². The number of carbonyl (C=O) groups is 3. The number of anilines is 1. The summed E-state index contributed by atoms with van der Waals surface area (Å²) in [7, 11) is 0. The lowest BCUT2D eigenvalue weighted by molar-refractivity contribution is -0.146. The zero-order chi connectivity index (χ0) is 24.0. The Hall–Kier alpha value is -2.16. The molecule has 3 saturated heterocycles. The van der Waals surface area contributed by atoms with Crippen LogP contribution in [0.15, 0.2) is 24.3 Å². The van der Waals surface area contributed by atoms with Crippen LogP contribution in [0.2, 0.25) is 5.02 Å². The highest BCUT2D eigenvalue weighted by Crippen LogP contribution is 2.65. The van der Waals surface area contributed by atoms with Crippen molar-refractivity contribution in [1.82, 2.24) is 10.2 Å². The van der Waals surface area contributed by atoms with Gasteiger partial charge in [-0.3, -0.25) is 14.4 Å². The van der Waals surface area contributed by atoms with Gasteiger partial charge in [-0.1, -0.05) is 37.6 Å². The van der Waals surface area contributed by atoms with Gasteiger partial charge in [-0.05, 0) is 44.2 Å². The van der Waals surface area contributed by atoms with Crippen LogP contribution in [0, 0.1) is 17.8 Å². The zero-order valence-corrected chi connectivity index (χ0v) is 20.0. The lowest BCUT2D eigenvalue weighted by atomic mass is 9.62. The highest BCUT2D eigenvalue weighted by Gasteiger charge is 2.79. The van der Waals surface area contributed by atoms with Crippen molar-refractivity contribution >= 4 is 35.0 Å². The second-order valence-electron chi connectivity index (χ2n) is 9.57. The normalized spacial score (nSPS) is 34.5. The maximum atomic E-state index is 13.7. The Morgan fingerprint density at radius 3 is 2.70 bits per heavy atom. The number of amides is 3. The number of nitrogens with one attached hydrogen (secondary N) is 2. The van der Waals surface area contributed by atoms with Crippen molar-refractivity contribution in [3.8, 4) is 0 Å². The Kier molecular flexibility index (Phi) is 6.46. The van der Waals surface area contributed by atoms with Crippen LogP contribution in [0.3, 0.4) is 0 Å². The Labute approximate surface area is 199 Å². The third-order valence-electron chi connectivity index (χ3n) is 7.58. The monoisotopic (exact) mass is 477 g/mol. The number of rotatable bonds is 8. The topological polar surface area (TPSA) is 108 Å². The van der Waals surface area contributed by atoms with Gasteiger partial charge in [0.15, 0.2) is 0 Å². The molecule has 1 aromatic carbocycles. The van der Waals surface area contributed by atoms with Crippen molar-refractivity contribution in [2.24, 2.45) is 17.8 Å². The Morgan fingerprint density at radius 1 is 1.30 bits per heavy atom. The zero-order valence-electron chi connectivity index (χ0n) is 19.3. The standard InChI is InChI=1S/C24H32ClN3O5/c1-4-10-26-20(30)17-18-22(32)28(11-7-12-29)19(24(18)13-14(2)23(17,3)33-24)21(31)27-16-9-6-5-8-15(16)25/h5-6,8-9,14,17-19,29H,4,7,10-13H2,1-3H3,(H,26,30)(H,27,31)/t14?,17-,18-,19?,23+,24?/m0/s1. The van der Waals surface area contributed by atoms with Crippen LogP contribution in [0.1, 0.15) is 40.0 Å². The minimum Gasteiger partial charge on any atom is -0.396 e. The van der Waals surface area contributed by atoms with E-state index in [1.165, 1.54) is 4.90 Å². The number of halogens is 1. The molecule has 3 unspecified atom stereocenters. The van der Waals surface area contributed by atoms with Gasteiger partial charge in [0.2, 0.25) is 17.7 Å². The molecule has 8 nitrogen and oxygen atoms in total. The summed E-state index contributed by atoms with van der Waals surface area (Å²) in [6.07, 6.45) is 1.60. The summed E-state index contributed by atoms with van der Waals surface area (Å²) >= 11 is 6.26. The predicted molar refractivity (Wildman–Crippen MR) is 124 cm³/mol. The summed E-state index contributed by atoms with van der Waals surface area (Å²) in [5.41, 5.74) is -1.51. The van der Waals surface area contributed by atoms with E-state index in [1.54, 1.807) is 24.3 Å². The number of fused-ring (bicyclic) bond motifs is 1. The average molecular weight is 478 g/mol. The number of likely N-dealkylation sites (tertiary alicyclic amines) is 1. The lowest BCUT2D eigenvalue weighted by Crippen LogP contribution is -2.54. The van der Waals surface area contributed by atoms with Gasteiger partial charge >= 0.3 is 0 Å². The SMILES string of the molecule is CCCNC(=O)[C@@H]1[C@H]2C(=O)N(CCCO)C(C(=O)Nc3ccccc3Cl)C23CC(C)[C@@]1(C)O3. The van der Waals surface area contributed by atoms with Crippen molar-refractivity contribution in [3.63, 3.8) is 0 Å². The molecule has 4 rings (SSSR count). The van der Waals surface area contributed by atoms with Crippen LogP contribution in [0.25, 0.3) is 0 Å². The molecule has 3 heterocycles. The second kappa shape index (κ2) is 8.89. The van der Waals surface area contributed by atoms with Crippen LogP contribution in [-0.4, -0.2) is 64.7 Å². The summed E-state index contributed by atoms with van der Waals surface area (Å²) in [4.78, 5) is 42.1. The van der Waals surface area contributed by atoms with Crippen molar-refractivity contribution in [3.05, 3.63) is 29.3 Å². The molecular formula is C24H32ClN3O5. The summed E-state index contributed by atoms with van der Waals surface area (Å²) < 4.78 is 6.60. The molecule has 3 aliphatic rings. The van der Waals surface area contributed by atoms with Gasteiger partial charge in [0.1, 0.15) is 11.6 Å². The highest BCUT2D eigenvalue weighted by atomic mass is 35.5. The van der Waals surface area contributed by atoms with Crippen molar-refractivity contribution in [2.75, 3.05) is 25.0 Å². The Balaban J connectivity index is 1.74. The number of carbonyl (C=O) groups excluding carboxylic acids is 3. The molecule has 0 aromatic heterocycles. The van der Waals surface area contributed by atoms with E-state index in [9.17, 15) is 19.5 Å². The molecule has 3 amide bonds.